The number of ether oxygens (including phenoxy) is 1. The second-order valence-electron chi connectivity index (χ2n) is 6.14. The van der Waals surface area contributed by atoms with Crippen LogP contribution in [0.4, 0.5) is 0 Å². The minimum atomic E-state index is -0.572. The van der Waals surface area contributed by atoms with E-state index in [1.54, 1.807) is 0 Å². The van der Waals surface area contributed by atoms with Crippen LogP contribution in [-0.2, 0) is 16.8 Å². The summed E-state index contributed by atoms with van der Waals surface area (Å²) in [6.07, 6.45) is 1.51. The fraction of sp³-hybridized carbons (Fsp3) is 0.316. The van der Waals surface area contributed by atoms with Crippen molar-refractivity contribution in [3.05, 3.63) is 71.3 Å². The first-order valence-corrected chi connectivity index (χ1v) is 7.62. The molecule has 1 atom stereocenters. The maximum atomic E-state index is 12.5. The molecule has 0 aliphatic carbocycles. The third-order valence-corrected chi connectivity index (χ3v) is 4.26. The van der Waals surface area contributed by atoms with Crippen LogP contribution >= 0.6 is 0 Å². The van der Waals surface area contributed by atoms with Gasteiger partial charge >= 0.3 is 5.97 Å². The number of hydrogen-bond donors (Lipinski definition) is 0. The van der Waals surface area contributed by atoms with Gasteiger partial charge in [0.25, 0.3) is 0 Å². The van der Waals surface area contributed by atoms with E-state index >= 15 is 0 Å². The third-order valence-electron chi connectivity index (χ3n) is 4.26. The number of rotatable bonds is 4. The lowest BCUT2D eigenvalue weighted by Crippen LogP contribution is -2.41. The standard InChI is InChI=1S/C19H21NO2/c1-20(2)13-12-19(16-9-4-3-5-10-16)14-15-8-6-7-11-17(15)18(21)22-19/h3-11H,12-14H2,1-2H3. The SMILES string of the molecule is CN(C)CCC1(c2ccccc2)Cc2ccccc2C(=O)O1. The topological polar surface area (TPSA) is 29.5 Å². The molecule has 114 valence electrons. The van der Waals surface area contributed by atoms with Gasteiger partial charge in [-0.1, -0.05) is 48.5 Å². The fourth-order valence-electron chi connectivity index (χ4n) is 3.04. The summed E-state index contributed by atoms with van der Waals surface area (Å²) in [6.45, 7) is 0.865. The Labute approximate surface area is 131 Å². The third kappa shape index (κ3) is 2.77. The van der Waals surface area contributed by atoms with E-state index < -0.39 is 5.60 Å². The highest BCUT2D eigenvalue weighted by Gasteiger charge is 2.41. The molecule has 1 aliphatic heterocycles. The van der Waals surface area contributed by atoms with Gasteiger partial charge < -0.3 is 9.64 Å². The van der Waals surface area contributed by atoms with Crippen molar-refractivity contribution in [3.63, 3.8) is 0 Å². The lowest BCUT2D eigenvalue weighted by Gasteiger charge is -2.38. The normalized spacial score (nSPS) is 20.6. The Morgan fingerprint density at radius 1 is 1.05 bits per heavy atom. The van der Waals surface area contributed by atoms with Crippen LogP contribution in [0.2, 0.25) is 0 Å². The Morgan fingerprint density at radius 3 is 2.45 bits per heavy atom. The number of benzene rings is 2. The van der Waals surface area contributed by atoms with Gasteiger partial charge in [-0.2, -0.15) is 0 Å². The van der Waals surface area contributed by atoms with Gasteiger partial charge in [-0.3, -0.25) is 0 Å². The zero-order chi connectivity index (χ0) is 15.6. The number of cyclic esters (lactones) is 1. The van der Waals surface area contributed by atoms with Crippen molar-refractivity contribution in [1.29, 1.82) is 0 Å². The molecular weight excluding hydrogens is 274 g/mol. The van der Waals surface area contributed by atoms with Crippen molar-refractivity contribution in [2.45, 2.75) is 18.4 Å². The summed E-state index contributed by atoms with van der Waals surface area (Å²) in [5.74, 6) is -0.218. The van der Waals surface area contributed by atoms with E-state index in [2.05, 4.69) is 17.0 Å². The van der Waals surface area contributed by atoms with Crippen LogP contribution in [0.1, 0.15) is 27.9 Å². The van der Waals surface area contributed by atoms with Gasteiger partial charge in [-0.15, -0.1) is 0 Å². The second kappa shape index (κ2) is 5.93. The number of carbonyl (C=O) groups is 1. The van der Waals surface area contributed by atoms with Crippen LogP contribution in [0.25, 0.3) is 0 Å². The largest absolute Gasteiger partial charge is 0.450 e. The highest BCUT2D eigenvalue weighted by atomic mass is 16.6. The minimum absolute atomic E-state index is 0.218. The summed E-state index contributed by atoms with van der Waals surface area (Å²) in [5.41, 5.74) is 2.26. The molecule has 0 aromatic heterocycles. The van der Waals surface area contributed by atoms with Crippen LogP contribution in [0.5, 0.6) is 0 Å². The van der Waals surface area contributed by atoms with E-state index in [-0.39, 0.29) is 5.97 Å². The van der Waals surface area contributed by atoms with Crippen LogP contribution < -0.4 is 0 Å². The summed E-state index contributed by atoms with van der Waals surface area (Å²) < 4.78 is 5.97. The molecular formula is C19H21NO2. The van der Waals surface area contributed by atoms with Gasteiger partial charge in [-0.05, 0) is 31.3 Å². The molecule has 0 fully saturated rings. The first-order chi connectivity index (χ1) is 10.6. The monoisotopic (exact) mass is 295 g/mol. The van der Waals surface area contributed by atoms with Crippen LogP contribution in [-0.4, -0.2) is 31.5 Å². The summed E-state index contributed by atoms with van der Waals surface area (Å²) in [6, 6.07) is 17.8. The van der Waals surface area contributed by atoms with Gasteiger partial charge in [0.2, 0.25) is 0 Å². The molecule has 1 heterocycles. The number of hydrogen-bond acceptors (Lipinski definition) is 3. The smallest absolute Gasteiger partial charge is 0.339 e. The molecule has 1 aliphatic rings. The first kappa shape index (κ1) is 14.8. The summed E-state index contributed by atoms with van der Waals surface area (Å²) >= 11 is 0. The Hall–Kier alpha value is -2.13. The number of nitrogens with zero attached hydrogens (tertiary/aromatic N) is 1. The van der Waals surface area contributed by atoms with Crippen molar-refractivity contribution in [1.82, 2.24) is 4.90 Å². The molecule has 0 spiro atoms. The van der Waals surface area contributed by atoms with E-state index in [9.17, 15) is 4.79 Å². The molecule has 3 heteroatoms. The summed E-state index contributed by atoms with van der Waals surface area (Å²) in [4.78, 5) is 14.6. The highest BCUT2D eigenvalue weighted by Crippen LogP contribution is 2.39. The molecule has 1 unspecified atom stereocenters. The average molecular weight is 295 g/mol. The zero-order valence-corrected chi connectivity index (χ0v) is 13.1. The van der Waals surface area contributed by atoms with Crippen LogP contribution in [0, 0.1) is 0 Å². The molecule has 0 saturated carbocycles. The minimum Gasteiger partial charge on any atom is -0.450 e. The van der Waals surface area contributed by atoms with E-state index in [4.69, 9.17) is 4.74 Å². The van der Waals surface area contributed by atoms with Crippen molar-refractivity contribution in [2.24, 2.45) is 0 Å². The lowest BCUT2D eigenvalue weighted by molar-refractivity contribution is -0.0355. The molecule has 3 nitrogen and oxygen atoms in total. The zero-order valence-electron chi connectivity index (χ0n) is 13.1. The van der Waals surface area contributed by atoms with Crippen LogP contribution in [0.15, 0.2) is 54.6 Å². The molecule has 3 rings (SSSR count). The predicted octanol–water partition coefficient (Wildman–Crippen LogP) is 3.25. The quantitative estimate of drug-likeness (QED) is 0.811. The van der Waals surface area contributed by atoms with Crippen molar-refractivity contribution < 1.29 is 9.53 Å². The molecule has 22 heavy (non-hydrogen) atoms. The highest BCUT2D eigenvalue weighted by molar-refractivity contribution is 5.92. The Morgan fingerprint density at radius 2 is 1.73 bits per heavy atom. The molecule has 0 saturated heterocycles. The molecule has 0 bridgehead atoms. The van der Waals surface area contributed by atoms with E-state index in [0.717, 1.165) is 30.5 Å². The van der Waals surface area contributed by atoms with Gasteiger partial charge in [-0.25, -0.2) is 4.79 Å². The lowest BCUT2D eigenvalue weighted by atomic mass is 9.81. The van der Waals surface area contributed by atoms with E-state index in [0.29, 0.717) is 5.56 Å². The molecule has 0 radical (unpaired) electrons. The van der Waals surface area contributed by atoms with Crippen molar-refractivity contribution >= 4 is 5.97 Å². The van der Waals surface area contributed by atoms with Crippen molar-refractivity contribution in [3.8, 4) is 0 Å². The molecule has 0 amide bonds. The van der Waals surface area contributed by atoms with Gasteiger partial charge in [0.1, 0.15) is 5.60 Å². The van der Waals surface area contributed by atoms with Gasteiger partial charge in [0.15, 0.2) is 0 Å². The van der Waals surface area contributed by atoms with Crippen LogP contribution in [0.3, 0.4) is 0 Å². The molecule has 2 aromatic rings. The predicted molar refractivity (Wildman–Crippen MR) is 86.9 cm³/mol. The van der Waals surface area contributed by atoms with Crippen molar-refractivity contribution in [2.75, 3.05) is 20.6 Å². The maximum absolute atomic E-state index is 12.5. The Bertz CT molecular complexity index is 666. The number of fused-ring (bicyclic) bond motifs is 1. The Kier molecular flexibility index (Phi) is 3.99. The second-order valence-corrected chi connectivity index (χ2v) is 6.14. The Balaban J connectivity index is 2.03. The average Bonchev–Trinajstić information content (AvgIpc) is 2.54. The fourth-order valence-corrected chi connectivity index (χ4v) is 3.04. The summed E-state index contributed by atoms with van der Waals surface area (Å²) in [7, 11) is 4.08. The molecule has 2 aromatic carbocycles. The van der Waals surface area contributed by atoms with Gasteiger partial charge in [0, 0.05) is 19.4 Å². The maximum Gasteiger partial charge on any atom is 0.339 e. The number of esters is 1. The van der Waals surface area contributed by atoms with E-state index in [1.807, 2.05) is 56.6 Å². The van der Waals surface area contributed by atoms with Gasteiger partial charge in [0.05, 0.1) is 5.56 Å². The molecule has 0 N–H and O–H groups in total. The number of carbonyl (C=O) groups excluding carboxylic acids is 1. The first-order valence-electron chi connectivity index (χ1n) is 7.62. The summed E-state index contributed by atoms with van der Waals surface area (Å²) in [5, 5.41) is 0. The van der Waals surface area contributed by atoms with E-state index in [1.165, 1.54) is 0 Å².